The molecule has 0 bridgehead atoms. The van der Waals surface area contributed by atoms with Crippen molar-refractivity contribution in [3.05, 3.63) is 139 Å². The van der Waals surface area contributed by atoms with Gasteiger partial charge in [0.1, 0.15) is 23.0 Å². The minimum Gasteiger partial charge on any atom is -0.458 e. The largest absolute Gasteiger partial charge is 0.458 e. The van der Waals surface area contributed by atoms with Crippen LogP contribution in [-0.2, 0) is 0 Å². The van der Waals surface area contributed by atoms with E-state index in [0.717, 1.165) is 56.1 Å². The number of hydrogen-bond donors (Lipinski definition) is 0. The second-order valence-corrected chi connectivity index (χ2v) is 11.0. The number of hydrogen-bond acceptors (Lipinski definition) is 2. The maximum Gasteiger partial charge on any atom is 0.260 e. The molecular formula is C38H27BO2. The van der Waals surface area contributed by atoms with Gasteiger partial charge in [-0.1, -0.05) is 109 Å². The molecule has 0 unspecified atom stereocenters. The van der Waals surface area contributed by atoms with Gasteiger partial charge in [-0.15, -0.1) is 0 Å². The molecule has 194 valence electrons. The van der Waals surface area contributed by atoms with Crippen LogP contribution >= 0.6 is 0 Å². The van der Waals surface area contributed by atoms with Crippen molar-refractivity contribution in [1.82, 2.24) is 0 Å². The van der Waals surface area contributed by atoms with E-state index in [4.69, 9.17) is 9.47 Å². The van der Waals surface area contributed by atoms with Crippen molar-refractivity contribution in [3.8, 4) is 56.4 Å². The van der Waals surface area contributed by atoms with Gasteiger partial charge in [-0.2, -0.15) is 0 Å². The van der Waals surface area contributed by atoms with Crippen molar-refractivity contribution in [3.63, 3.8) is 0 Å². The number of rotatable bonds is 3. The van der Waals surface area contributed by atoms with Gasteiger partial charge in [0.25, 0.3) is 6.71 Å². The molecule has 0 saturated carbocycles. The molecule has 0 radical (unpaired) electrons. The van der Waals surface area contributed by atoms with Gasteiger partial charge < -0.3 is 9.47 Å². The maximum atomic E-state index is 6.84. The Bertz CT molecular complexity index is 1980. The van der Waals surface area contributed by atoms with Crippen LogP contribution in [0.3, 0.4) is 0 Å². The second-order valence-electron chi connectivity index (χ2n) is 11.0. The van der Waals surface area contributed by atoms with E-state index in [2.05, 4.69) is 141 Å². The van der Waals surface area contributed by atoms with Crippen molar-refractivity contribution in [2.24, 2.45) is 0 Å². The van der Waals surface area contributed by atoms with Gasteiger partial charge >= 0.3 is 0 Å². The fraction of sp³-hybridized carbons (Fsp3) is 0.0526. The fourth-order valence-corrected chi connectivity index (χ4v) is 6.51. The molecule has 41 heavy (non-hydrogen) atoms. The van der Waals surface area contributed by atoms with Crippen LogP contribution in [0.25, 0.3) is 33.4 Å². The van der Waals surface area contributed by atoms with E-state index in [1.54, 1.807) is 0 Å². The highest BCUT2D eigenvalue weighted by Crippen LogP contribution is 2.44. The lowest BCUT2D eigenvalue weighted by Crippen LogP contribution is -2.57. The number of ether oxygens (including phenoxy) is 2. The standard InChI is InChI=1S/C38H27BO2/c1-24-11-6-8-15-28(24)27-19-21-34-33(23-27)39-32-18-10-17-30(26-13-4-3-5-14-26)37(32)41-35-22-20-31(38(40-34)36(35)39)29-16-9-7-12-25(29)2/h3-23H,1-2H3. The lowest BCUT2D eigenvalue weighted by molar-refractivity contribution is 0.466. The molecule has 0 spiro atoms. The summed E-state index contributed by atoms with van der Waals surface area (Å²) in [6.45, 7) is 4.30. The lowest BCUT2D eigenvalue weighted by atomic mass is 9.34. The second kappa shape index (κ2) is 9.28. The molecule has 8 rings (SSSR count). The van der Waals surface area contributed by atoms with Gasteiger partial charge in [-0.3, -0.25) is 0 Å². The van der Waals surface area contributed by atoms with Crippen molar-refractivity contribution in [1.29, 1.82) is 0 Å². The number of benzene rings is 6. The Kier molecular flexibility index (Phi) is 5.40. The quantitative estimate of drug-likeness (QED) is 0.217. The highest BCUT2D eigenvalue weighted by molar-refractivity contribution is 6.98. The number of aryl methyl sites for hydroxylation is 2. The molecular weight excluding hydrogens is 499 g/mol. The SMILES string of the molecule is Cc1ccccc1-c1ccc2c(c1)B1c3cccc(-c4ccccc4)c3Oc3ccc(-c4ccccc4C)c(c31)O2. The zero-order valence-electron chi connectivity index (χ0n) is 23.0. The summed E-state index contributed by atoms with van der Waals surface area (Å²) in [6.07, 6.45) is 0. The molecule has 0 amide bonds. The third-order valence-corrected chi connectivity index (χ3v) is 8.52. The summed E-state index contributed by atoms with van der Waals surface area (Å²) in [6, 6.07) is 45.0. The van der Waals surface area contributed by atoms with Crippen molar-refractivity contribution in [2.75, 3.05) is 0 Å². The van der Waals surface area contributed by atoms with E-state index < -0.39 is 0 Å². The van der Waals surface area contributed by atoms with Gasteiger partial charge in [0, 0.05) is 16.6 Å². The Balaban J connectivity index is 1.41. The van der Waals surface area contributed by atoms with Crippen LogP contribution in [0.1, 0.15) is 11.1 Å². The van der Waals surface area contributed by atoms with E-state index in [1.807, 2.05) is 0 Å². The first kappa shape index (κ1) is 23.8. The molecule has 0 saturated heterocycles. The summed E-state index contributed by atoms with van der Waals surface area (Å²) < 4.78 is 13.6. The topological polar surface area (TPSA) is 18.5 Å². The third kappa shape index (κ3) is 3.73. The molecule has 2 aliphatic rings. The summed E-state index contributed by atoms with van der Waals surface area (Å²) >= 11 is 0. The van der Waals surface area contributed by atoms with Gasteiger partial charge in [0.2, 0.25) is 0 Å². The monoisotopic (exact) mass is 526 g/mol. The lowest BCUT2D eigenvalue weighted by Gasteiger charge is -2.35. The van der Waals surface area contributed by atoms with Crippen LogP contribution in [-0.4, -0.2) is 6.71 Å². The van der Waals surface area contributed by atoms with Gasteiger partial charge in [-0.05, 0) is 76.4 Å². The van der Waals surface area contributed by atoms with Gasteiger partial charge in [0.05, 0.1) is 0 Å². The van der Waals surface area contributed by atoms with Crippen LogP contribution in [0.2, 0.25) is 0 Å². The van der Waals surface area contributed by atoms with E-state index in [-0.39, 0.29) is 6.71 Å². The summed E-state index contributed by atoms with van der Waals surface area (Å²) in [5, 5.41) is 0. The molecule has 0 atom stereocenters. The first-order chi connectivity index (χ1) is 20.2. The molecule has 6 aromatic carbocycles. The van der Waals surface area contributed by atoms with Gasteiger partial charge in [-0.25, -0.2) is 0 Å². The average Bonchev–Trinajstić information content (AvgIpc) is 3.02. The fourth-order valence-electron chi connectivity index (χ4n) is 6.51. The molecule has 0 aliphatic carbocycles. The molecule has 6 aromatic rings. The van der Waals surface area contributed by atoms with Crippen molar-refractivity contribution in [2.45, 2.75) is 13.8 Å². The summed E-state index contributed by atoms with van der Waals surface area (Å²) in [4.78, 5) is 0. The Hall–Kier alpha value is -5.02. The van der Waals surface area contributed by atoms with Crippen molar-refractivity contribution < 1.29 is 9.47 Å². The van der Waals surface area contributed by atoms with E-state index in [1.165, 1.54) is 27.8 Å². The number of para-hydroxylation sites is 1. The van der Waals surface area contributed by atoms with Crippen LogP contribution in [0, 0.1) is 13.8 Å². The predicted octanol–water partition coefficient (Wildman–Crippen LogP) is 8.03. The summed E-state index contributed by atoms with van der Waals surface area (Å²) in [5.74, 6) is 3.54. The number of fused-ring (bicyclic) bond motifs is 4. The average molecular weight is 526 g/mol. The molecule has 0 fully saturated rings. The first-order valence-corrected chi connectivity index (χ1v) is 14.1. The summed E-state index contributed by atoms with van der Waals surface area (Å²) in [7, 11) is 0. The molecule has 2 aliphatic heterocycles. The smallest absolute Gasteiger partial charge is 0.260 e. The minimum absolute atomic E-state index is 0.0240. The van der Waals surface area contributed by atoms with Crippen molar-refractivity contribution >= 4 is 23.1 Å². The van der Waals surface area contributed by atoms with Crippen LogP contribution in [0.4, 0.5) is 0 Å². The zero-order valence-corrected chi connectivity index (χ0v) is 23.0. The molecule has 2 heterocycles. The molecule has 2 nitrogen and oxygen atoms in total. The van der Waals surface area contributed by atoms with E-state index in [0.29, 0.717) is 0 Å². The zero-order chi connectivity index (χ0) is 27.5. The third-order valence-electron chi connectivity index (χ3n) is 8.52. The maximum absolute atomic E-state index is 6.84. The minimum atomic E-state index is -0.0240. The molecule has 0 aromatic heterocycles. The molecule has 3 heteroatoms. The molecule has 0 N–H and O–H groups in total. The van der Waals surface area contributed by atoms with Crippen LogP contribution in [0.5, 0.6) is 23.0 Å². The van der Waals surface area contributed by atoms with Gasteiger partial charge in [0.15, 0.2) is 0 Å². The highest BCUT2D eigenvalue weighted by Gasteiger charge is 2.42. The normalized spacial score (nSPS) is 12.5. The van der Waals surface area contributed by atoms with E-state index >= 15 is 0 Å². The Morgan fingerprint density at radius 3 is 1.88 bits per heavy atom. The first-order valence-electron chi connectivity index (χ1n) is 14.1. The Labute approximate surface area is 240 Å². The summed E-state index contributed by atoms with van der Waals surface area (Å²) in [5.41, 5.74) is 12.8. The Morgan fingerprint density at radius 1 is 0.439 bits per heavy atom. The van der Waals surface area contributed by atoms with E-state index in [9.17, 15) is 0 Å². The Morgan fingerprint density at radius 2 is 1.10 bits per heavy atom. The van der Waals surface area contributed by atoms with Crippen LogP contribution in [0.15, 0.2) is 127 Å². The highest BCUT2D eigenvalue weighted by atomic mass is 16.5. The van der Waals surface area contributed by atoms with Crippen LogP contribution < -0.4 is 25.9 Å². The predicted molar refractivity (Wildman–Crippen MR) is 170 cm³/mol.